The van der Waals surface area contributed by atoms with E-state index in [2.05, 4.69) is 21.5 Å². The van der Waals surface area contributed by atoms with Crippen molar-refractivity contribution in [3.63, 3.8) is 0 Å². The molecule has 4 nitrogen and oxygen atoms in total. The third-order valence-electron chi connectivity index (χ3n) is 3.06. The first-order valence-electron chi connectivity index (χ1n) is 6.79. The molecule has 0 atom stereocenters. The molecule has 20 heavy (non-hydrogen) atoms. The fourth-order valence-corrected chi connectivity index (χ4v) is 1.90. The Balaban J connectivity index is 2.37. The molecule has 0 bridgehead atoms. The zero-order valence-electron chi connectivity index (χ0n) is 11.9. The minimum absolute atomic E-state index is 0.645. The fraction of sp³-hybridized carbons (Fsp3) is 0.250. The van der Waals surface area contributed by atoms with E-state index in [0.717, 1.165) is 29.9 Å². The van der Waals surface area contributed by atoms with Crippen LogP contribution in [0.25, 0.3) is 11.3 Å². The normalized spacial score (nSPS) is 10.9. The van der Waals surface area contributed by atoms with Gasteiger partial charge in [0.15, 0.2) is 12.4 Å². The van der Waals surface area contributed by atoms with Gasteiger partial charge in [-0.05, 0) is 26.0 Å². The Morgan fingerprint density at radius 1 is 1.20 bits per heavy atom. The van der Waals surface area contributed by atoms with E-state index in [1.54, 1.807) is 6.21 Å². The molecule has 0 aliphatic heterocycles. The van der Waals surface area contributed by atoms with Gasteiger partial charge in [-0.3, -0.25) is 4.99 Å². The van der Waals surface area contributed by atoms with Gasteiger partial charge in [-0.25, -0.2) is 9.55 Å². The van der Waals surface area contributed by atoms with Crippen LogP contribution >= 0.6 is 0 Å². The number of rotatable bonds is 5. The van der Waals surface area contributed by atoms with Gasteiger partial charge >= 0.3 is 0 Å². The smallest absolute Gasteiger partial charge is 0.169 e. The standard InChI is InChI=1S/C16H19N4/c1-3-18-12-14-5-6-15(19-16(14)11-17)13-7-9-20(4-2)10-8-13/h5-12,17H,3-4H2,1-2H3/q+1. The van der Waals surface area contributed by atoms with Gasteiger partial charge in [-0.2, -0.15) is 0 Å². The highest BCUT2D eigenvalue weighted by molar-refractivity contribution is 5.92. The molecular formula is C16H19N4+. The minimum Gasteiger partial charge on any atom is -0.306 e. The summed E-state index contributed by atoms with van der Waals surface area (Å²) in [6.45, 7) is 5.77. The molecule has 0 aromatic carbocycles. The minimum atomic E-state index is 0.645. The molecule has 0 fully saturated rings. The monoisotopic (exact) mass is 267 g/mol. The van der Waals surface area contributed by atoms with Crippen molar-refractivity contribution in [2.75, 3.05) is 6.54 Å². The topological polar surface area (TPSA) is 53.0 Å². The molecule has 2 heterocycles. The number of pyridine rings is 2. The Hall–Kier alpha value is -2.36. The lowest BCUT2D eigenvalue weighted by atomic mass is 10.1. The number of aryl methyl sites for hydroxylation is 1. The van der Waals surface area contributed by atoms with Crippen molar-refractivity contribution in [3.8, 4) is 11.3 Å². The van der Waals surface area contributed by atoms with Gasteiger partial charge in [-0.1, -0.05) is 0 Å². The van der Waals surface area contributed by atoms with Crippen molar-refractivity contribution >= 4 is 12.4 Å². The first-order chi connectivity index (χ1) is 9.78. The Morgan fingerprint density at radius 2 is 1.95 bits per heavy atom. The predicted octanol–water partition coefficient (Wildman–Crippen LogP) is 2.49. The average Bonchev–Trinajstić information content (AvgIpc) is 2.52. The Kier molecular flexibility index (Phi) is 4.71. The molecule has 0 aliphatic rings. The predicted molar refractivity (Wildman–Crippen MR) is 81.6 cm³/mol. The van der Waals surface area contributed by atoms with Crippen molar-refractivity contribution in [2.24, 2.45) is 4.99 Å². The molecule has 0 spiro atoms. The second kappa shape index (κ2) is 6.70. The van der Waals surface area contributed by atoms with Crippen LogP contribution < -0.4 is 4.57 Å². The molecule has 0 saturated heterocycles. The third kappa shape index (κ3) is 3.15. The average molecular weight is 267 g/mol. The van der Waals surface area contributed by atoms with Crippen molar-refractivity contribution in [2.45, 2.75) is 20.4 Å². The molecule has 2 rings (SSSR count). The van der Waals surface area contributed by atoms with E-state index < -0.39 is 0 Å². The zero-order chi connectivity index (χ0) is 14.4. The van der Waals surface area contributed by atoms with Crippen LogP contribution in [0.5, 0.6) is 0 Å². The van der Waals surface area contributed by atoms with Crippen LogP contribution in [0.2, 0.25) is 0 Å². The highest BCUT2D eigenvalue weighted by Crippen LogP contribution is 2.16. The number of hydrogen-bond donors (Lipinski definition) is 1. The van der Waals surface area contributed by atoms with E-state index in [0.29, 0.717) is 5.69 Å². The highest BCUT2D eigenvalue weighted by Gasteiger charge is 2.06. The first kappa shape index (κ1) is 14.1. The van der Waals surface area contributed by atoms with E-state index in [1.807, 2.05) is 43.6 Å². The number of aliphatic imine (C=N–C) groups is 1. The Labute approximate surface area is 119 Å². The molecular weight excluding hydrogens is 248 g/mol. The molecule has 4 heteroatoms. The van der Waals surface area contributed by atoms with Crippen molar-refractivity contribution in [3.05, 3.63) is 47.9 Å². The summed E-state index contributed by atoms with van der Waals surface area (Å²) >= 11 is 0. The maximum absolute atomic E-state index is 7.49. The van der Waals surface area contributed by atoms with E-state index in [4.69, 9.17) is 5.41 Å². The van der Waals surface area contributed by atoms with Crippen molar-refractivity contribution in [1.82, 2.24) is 4.98 Å². The lowest BCUT2D eigenvalue weighted by molar-refractivity contribution is -0.693. The molecule has 0 saturated carbocycles. The first-order valence-corrected chi connectivity index (χ1v) is 6.79. The van der Waals surface area contributed by atoms with Crippen LogP contribution in [-0.4, -0.2) is 24.0 Å². The molecule has 2 aromatic rings. The summed E-state index contributed by atoms with van der Waals surface area (Å²) in [7, 11) is 0. The van der Waals surface area contributed by atoms with Crippen LogP contribution in [0.1, 0.15) is 25.1 Å². The van der Waals surface area contributed by atoms with Gasteiger partial charge < -0.3 is 5.41 Å². The maximum atomic E-state index is 7.49. The second-order valence-electron chi connectivity index (χ2n) is 4.36. The molecule has 0 unspecified atom stereocenters. The van der Waals surface area contributed by atoms with Crippen LogP contribution in [-0.2, 0) is 6.54 Å². The summed E-state index contributed by atoms with van der Waals surface area (Å²) in [5, 5.41) is 7.49. The summed E-state index contributed by atoms with van der Waals surface area (Å²) in [6, 6.07) is 8.01. The van der Waals surface area contributed by atoms with Gasteiger partial charge in [0.1, 0.15) is 6.54 Å². The van der Waals surface area contributed by atoms with Gasteiger partial charge in [0.25, 0.3) is 0 Å². The zero-order valence-corrected chi connectivity index (χ0v) is 11.9. The third-order valence-corrected chi connectivity index (χ3v) is 3.06. The van der Waals surface area contributed by atoms with Crippen LogP contribution in [0.4, 0.5) is 0 Å². The SMILES string of the molecule is CCN=Cc1ccc(-c2cc[n+](CC)cc2)nc1C=N. The summed E-state index contributed by atoms with van der Waals surface area (Å²) in [4.78, 5) is 8.73. The molecule has 0 amide bonds. The maximum Gasteiger partial charge on any atom is 0.169 e. The number of nitrogens with zero attached hydrogens (tertiary/aromatic N) is 3. The summed E-state index contributed by atoms with van der Waals surface area (Å²) in [6.07, 6.45) is 7.12. The van der Waals surface area contributed by atoms with Gasteiger partial charge in [-0.15, -0.1) is 0 Å². The van der Waals surface area contributed by atoms with E-state index in [1.165, 1.54) is 6.21 Å². The lowest BCUT2D eigenvalue weighted by Gasteiger charge is -2.04. The van der Waals surface area contributed by atoms with Crippen LogP contribution in [0, 0.1) is 5.41 Å². The fourth-order valence-electron chi connectivity index (χ4n) is 1.90. The number of nitrogens with one attached hydrogen (secondary N) is 1. The Bertz CT molecular complexity index is 615. The van der Waals surface area contributed by atoms with Gasteiger partial charge in [0, 0.05) is 42.2 Å². The molecule has 102 valence electrons. The molecule has 2 aromatic heterocycles. The van der Waals surface area contributed by atoms with Crippen LogP contribution in [0.3, 0.4) is 0 Å². The molecule has 1 N–H and O–H groups in total. The summed E-state index contributed by atoms with van der Waals surface area (Å²) in [5.41, 5.74) is 3.45. The molecule has 0 aliphatic carbocycles. The van der Waals surface area contributed by atoms with Crippen molar-refractivity contribution in [1.29, 1.82) is 5.41 Å². The quantitative estimate of drug-likeness (QED) is 0.656. The summed E-state index contributed by atoms with van der Waals surface area (Å²) < 4.78 is 2.10. The highest BCUT2D eigenvalue weighted by atomic mass is 14.9. The number of hydrogen-bond acceptors (Lipinski definition) is 3. The van der Waals surface area contributed by atoms with Crippen molar-refractivity contribution < 1.29 is 4.57 Å². The van der Waals surface area contributed by atoms with Crippen LogP contribution in [0.15, 0.2) is 41.7 Å². The molecule has 0 radical (unpaired) electrons. The van der Waals surface area contributed by atoms with E-state index in [-0.39, 0.29) is 0 Å². The van der Waals surface area contributed by atoms with Gasteiger partial charge in [0.2, 0.25) is 0 Å². The second-order valence-corrected chi connectivity index (χ2v) is 4.36. The largest absolute Gasteiger partial charge is 0.306 e. The lowest BCUT2D eigenvalue weighted by Crippen LogP contribution is -2.30. The van der Waals surface area contributed by atoms with Gasteiger partial charge in [0.05, 0.1) is 11.4 Å². The Morgan fingerprint density at radius 3 is 2.55 bits per heavy atom. The summed E-state index contributed by atoms with van der Waals surface area (Å²) in [5.74, 6) is 0. The number of aromatic nitrogens is 2. The van der Waals surface area contributed by atoms with E-state index in [9.17, 15) is 0 Å². The van der Waals surface area contributed by atoms with E-state index >= 15 is 0 Å².